The number of carboxylic acids is 1. The van der Waals surface area contributed by atoms with Gasteiger partial charge in [-0.2, -0.15) is 0 Å². The fourth-order valence-electron chi connectivity index (χ4n) is 2.92. The van der Waals surface area contributed by atoms with Crippen molar-refractivity contribution < 1.29 is 9.90 Å². The molecule has 0 amide bonds. The number of hydrogen-bond donors (Lipinski definition) is 1. The molecule has 1 aliphatic rings. The van der Waals surface area contributed by atoms with Crippen molar-refractivity contribution in [2.45, 2.75) is 25.2 Å². The molecule has 1 saturated heterocycles. The van der Waals surface area contributed by atoms with Gasteiger partial charge in [0.15, 0.2) is 0 Å². The van der Waals surface area contributed by atoms with Gasteiger partial charge in [0, 0.05) is 25.4 Å². The highest BCUT2D eigenvalue weighted by Crippen LogP contribution is 2.32. The third kappa shape index (κ3) is 4.20. The number of likely N-dealkylation sites (N-methyl/N-ethyl adjacent to an activating group) is 1. The molecule has 0 aliphatic carbocycles. The summed E-state index contributed by atoms with van der Waals surface area (Å²) in [4.78, 5) is 12.8. The molecule has 1 heterocycles. The van der Waals surface area contributed by atoms with Crippen molar-refractivity contribution in [3.63, 3.8) is 0 Å². The lowest BCUT2D eigenvalue weighted by molar-refractivity contribution is -0.137. The van der Waals surface area contributed by atoms with Gasteiger partial charge in [0.05, 0.1) is 0 Å². The van der Waals surface area contributed by atoms with Crippen LogP contribution in [0.1, 0.15) is 30.7 Å². The number of rotatable bonds is 6. The van der Waals surface area contributed by atoms with Crippen LogP contribution in [0.5, 0.6) is 0 Å². The predicted octanol–water partition coefficient (Wildman–Crippen LogP) is 3.14. The van der Waals surface area contributed by atoms with Crippen LogP contribution in [-0.2, 0) is 4.79 Å². The Kier molecular flexibility index (Phi) is 5.36. The number of carboxylic acid groups (broad SMARTS) is 1. The fraction of sp³-hybridized carbons (Fsp3) is 0.471. The van der Waals surface area contributed by atoms with Crippen LogP contribution in [-0.4, -0.2) is 36.1 Å². The molecular formula is C17H23NO2. The lowest BCUT2D eigenvalue weighted by Gasteiger charge is -2.15. The zero-order chi connectivity index (χ0) is 14.4. The molecule has 1 aliphatic heterocycles. The predicted molar refractivity (Wildman–Crippen MR) is 80.8 cm³/mol. The topological polar surface area (TPSA) is 40.5 Å². The minimum Gasteiger partial charge on any atom is -0.481 e. The van der Waals surface area contributed by atoms with Crippen LogP contribution in [0, 0.1) is 5.92 Å². The molecule has 0 aromatic heterocycles. The first-order chi connectivity index (χ1) is 9.66. The van der Waals surface area contributed by atoms with Crippen molar-refractivity contribution in [3.05, 3.63) is 48.0 Å². The lowest BCUT2D eigenvalue weighted by Crippen LogP contribution is -2.13. The van der Waals surface area contributed by atoms with Gasteiger partial charge in [0.25, 0.3) is 0 Å². The average molecular weight is 273 g/mol. The number of carbonyl (C=O) groups is 1. The van der Waals surface area contributed by atoms with E-state index in [2.05, 4.69) is 54.4 Å². The number of unbranched alkanes of at least 4 members (excludes halogenated alkanes) is 1. The Morgan fingerprint density at radius 1 is 1.35 bits per heavy atom. The number of nitrogens with zero attached hydrogens (tertiary/aromatic N) is 1. The summed E-state index contributed by atoms with van der Waals surface area (Å²) in [5.74, 6) is 0.380. The van der Waals surface area contributed by atoms with Crippen LogP contribution in [0.15, 0.2) is 42.5 Å². The van der Waals surface area contributed by atoms with Gasteiger partial charge in [0.1, 0.15) is 0 Å². The van der Waals surface area contributed by atoms with Crippen molar-refractivity contribution in [2.24, 2.45) is 5.92 Å². The summed E-state index contributed by atoms with van der Waals surface area (Å²) in [5.41, 5.74) is 1.40. The summed E-state index contributed by atoms with van der Waals surface area (Å²) in [5, 5.41) is 8.62. The SMILES string of the molecule is CN1C[C@H](c2ccccc2)[C@@H](C=CCCCC(=O)O)C1. The highest BCUT2D eigenvalue weighted by atomic mass is 16.4. The van der Waals surface area contributed by atoms with E-state index in [9.17, 15) is 4.79 Å². The summed E-state index contributed by atoms with van der Waals surface area (Å²) in [7, 11) is 2.16. The first-order valence-corrected chi connectivity index (χ1v) is 7.29. The number of aliphatic carboxylic acids is 1. The van der Waals surface area contributed by atoms with Gasteiger partial charge in [-0.05, 0) is 31.4 Å². The smallest absolute Gasteiger partial charge is 0.303 e. The van der Waals surface area contributed by atoms with E-state index < -0.39 is 5.97 Å². The third-order valence-electron chi connectivity index (χ3n) is 3.92. The normalized spacial score (nSPS) is 23.4. The Labute approximate surface area is 120 Å². The molecule has 3 nitrogen and oxygen atoms in total. The largest absolute Gasteiger partial charge is 0.481 e. The lowest BCUT2D eigenvalue weighted by atomic mass is 9.88. The van der Waals surface area contributed by atoms with Gasteiger partial charge in [-0.15, -0.1) is 0 Å². The molecule has 0 unspecified atom stereocenters. The summed E-state index contributed by atoms with van der Waals surface area (Å²) in [6.45, 7) is 2.17. The fourth-order valence-corrected chi connectivity index (χ4v) is 2.92. The zero-order valence-corrected chi connectivity index (χ0v) is 12.0. The maximum absolute atomic E-state index is 10.5. The maximum atomic E-state index is 10.5. The van der Waals surface area contributed by atoms with Crippen molar-refractivity contribution in [1.82, 2.24) is 4.90 Å². The standard InChI is InChI=1S/C17H23NO2/c1-18-12-15(10-6-3-7-11-17(19)20)16(13-18)14-8-4-2-5-9-14/h2,4-6,8-10,15-16H,3,7,11-13H2,1H3,(H,19,20)/t15-,16+/m0/s1. The van der Waals surface area contributed by atoms with Gasteiger partial charge in [-0.3, -0.25) is 4.79 Å². The van der Waals surface area contributed by atoms with Crippen LogP contribution in [0.2, 0.25) is 0 Å². The zero-order valence-electron chi connectivity index (χ0n) is 12.0. The number of likely N-dealkylation sites (tertiary alicyclic amines) is 1. The summed E-state index contributed by atoms with van der Waals surface area (Å²) in [6.07, 6.45) is 6.28. The molecule has 20 heavy (non-hydrogen) atoms. The second-order valence-corrected chi connectivity index (χ2v) is 5.62. The molecule has 0 saturated carbocycles. The Hall–Kier alpha value is -1.61. The quantitative estimate of drug-likeness (QED) is 0.639. The molecule has 108 valence electrons. The molecular weight excluding hydrogens is 250 g/mol. The number of benzene rings is 1. The van der Waals surface area contributed by atoms with Crippen LogP contribution < -0.4 is 0 Å². The molecule has 1 aromatic rings. The Balaban J connectivity index is 1.92. The van der Waals surface area contributed by atoms with Gasteiger partial charge >= 0.3 is 5.97 Å². The van der Waals surface area contributed by atoms with Gasteiger partial charge in [0.2, 0.25) is 0 Å². The second-order valence-electron chi connectivity index (χ2n) is 5.62. The Morgan fingerprint density at radius 3 is 2.80 bits per heavy atom. The van der Waals surface area contributed by atoms with E-state index >= 15 is 0 Å². The summed E-state index contributed by atoms with van der Waals surface area (Å²) >= 11 is 0. The van der Waals surface area contributed by atoms with E-state index in [1.807, 2.05) is 0 Å². The molecule has 0 spiro atoms. The molecule has 0 bridgehead atoms. The van der Waals surface area contributed by atoms with Crippen LogP contribution in [0.25, 0.3) is 0 Å². The van der Waals surface area contributed by atoms with E-state index in [1.165, 1.54) is 5.56 Å². The van der Waals surface area contributed by atoms with Crippen molar-refractivity contribution in [1.29, 1.82) is 0 Å². The number of allylic oxidation sites excluding steroid dienone is 1. The van der Waals surface area contributed by atoms with Crippen LogP contribution >= 0.6 is 0 Å². The van der Waals surface area contributed by atoms with E-state index in [4.69, 9.17) is 5.11 Å². The average Bonchev–Trinajstić information content (AvgIpc) is 2.80. The number of hydrogen-bond acceptors (Lipinski definition) is 2. The molecule has 3 heteroatoms. The molecule has 1 fully saturated rings. The molecule has 2 atom stereocenters. The Bertz CT molecular complexity index is 455. The van der Waals surface area contributed by atoms with Gasteiger partial charge < -0.3 is 10.0 Å². The van der Waals surface area contributed by atoms with Crippen LogP contribution in [0.3, 0.4) is 0 Å². The van der Waals surface area contributed by atoms with E-state index in [1.54, 1.807) is 0 Å². The highest BCUT2D eigenvalue weighted by molar-refractivity contribution is 5.66. The minimum atomic E-state index is -0.707. The van der Waals surface area contributed by atoms with E-state index in [0.29, 0.717) is 11.8 Å². The van der Waals surface area contributed by atoms with Crippen molar-refractivity contribution in [2.75, 3.05) is 20.1 Å². The summed E-state index contributed by atoms with van der Waals surface area (Å²) < 4.78 is 0. The van der Waals surface area contributed by atoms with Crippen molar-refractivity contribution >= 4 is 5.97 Å². The monoisotopic (exact) mass is 273 g/mol. The van der Waals surface area contributed by atoms with E-state index in [0.717, 1.165) is 25.9 Å². The van der Waals surface area contributed by atoms with Gasteiger partial charge in [-0.25, -0.2) is 0 Å². The van der Waals surface area contributed by atoms with E-state index in [-0.39, 0.29) is 6.42 Å². The van der Waals surface area contributed by atoms with Gasteiger partial charge in [-0.1, -0.05) is 42.5 Å². The minimum absolute atomic E-state index is 0.261. The molecule has 1 N–H and O–H groups in total. The van der Waals surface area contributed by atoms with Crippen molar-refractivity contribution in [3.8, 4) is 0 Å². The Morgan fingerprint density at radius 2 is 2.10 bits per heavy atom. The first-order valence-electron chi connectivity index (χ1n) is 7.29. The first kappa shape index (κ1) is 14.8. The molecule has 0 radical (unpaired) electrons. The maximum Gasteiger partial charge on any atom is 0.303 e. The van der Waals surface area contributed by atoms with Crippen LogP contribution in [0.4, 0.5) is 0 Å². The highest BCUT2D eigenvalue weighted by Gasteiger charge is 2.29. The molecule has 1 aromatic carbocycles. The second kappa shape index (κ2) is 7.25. The third-order valence-corrected chi connectivity index (χ3v) is 3.92. The summed E-state index contributed by atoms with van der Waals surface area (Å²) in [6, 6.07) is 10.7. The molecule has 2 rings (SSSR count).